The summed E-state index contributed by atoms with van der Waals surface area (Å²) in [5, 5.41) is 19.2. The smallest absolute Gasteiger partial charge is 0.413 e. The number of aryl methyl sites for hydroxylation is 1. The van der Waals surface area contributed by atoms with Gasteiger partial charge in [0.15, 0.2) is 12.3 Å². The molecule has 0 radical (unpaired) electrons. The molecule has 12 heteroatoms. The molecule has 1 N–H and O–H groups in total. The zero-order chi connectivity index (χ0) is 27.1. The number of nitrogens with zero attached hydrogens (tertiary/aromatic N) is 6. The SMILES string of the molecule is Cn1nnnc1/C(=N\OCc1cccc(NC(=O)OC(C)(C)C)n1)c1ccc(Oc2cccc(Cl)c2)cc1. The first kappa shape index (κ1) is 26.6. The molecule has 196 valence electrons. The van der Waals surface area contributed by atoms with Crippen molar-refractivity contribution in [3.8, 4) is 11.5 Å². The standard InChI is InChI=1S/C26H26ClN7O4/c1-26(2,3)38-25(35)29-22-10-6-8-19(28-22)16-36-31-23(24-30-32-33-34(24)4)17-11-13-20(14-12-17)37-21-9-5-7-18(27)15-21/h5-15H,16H2,1-4H3,(H,28,29,35)/b31-23-. The molecule has 4 aromatic rings. The Kier molecular flexibility index (Phi) is 8.17. The van der Waals surface area contributed by atoms with Crippen LogP contribution in [0, 0.1) is 0 Å². The van der Waals surface area contributed by atoms with Crippen LogP contribution in [0.1, 0.15) is 37.9 Å². The normalized spacial score (nSPS) is 11.7. The third-order valence-electron chi connectivity index (χ3n) is 4.80. The van der Waals surface area contributed by atoms with Crippen LogP contribution < -0.4 is 10.1 Å². The van der Waals surface area contributed by atoms with Crippen LogP contribution in [0.15, 0.2) is 71.9 Å². The number of benzene rings is 2. The van der Waals surface area contributed by atoms with E-state index in [1.165, 1.54) is 4.68 Å². The monoisotopic (exact) mass is 535 g/mol. The van der Waals surface area contributed by atoms with Crippen molar-refractivity contribution in [2.24, 2.45) is 12.2 Å². The van der Waals surface area contributed by atoms with Gasteiger partial charge >= 0.3 is 6.09 Å². The summed E-state index contributed by atoms with van der Waals surface area (Å²) in [6.07, 6.45) is -0.596. The summed E-state index contributed by atoms with van der Waals surface area (Å²) in [7, 11) is 1.70. The van der Waals surface area contributed by atoms with Crippen LogP contribution in [0.5, 0.6) is 11.5 Å². The fourth-order valence-corrected chi connectivity index (χ4v) is 3.38. The van der Waals surface area contributed by atoms with E-state index >= 15 is 0 Å². The van der Waals surface area contributed by atoms with Gasteiger partial charge < -0.3 is 14.3 Å². The van der Waals surface area contributed by atoms with E-state index in [0.29, 0.717) is 45.1 Å². The Labute approximate surface area is 224 Å². The van der Waals surface area contributed by atoms with Gasteiger partial charge in [-0.3, -0.25) is 5.32 Å². The number of hydrogen-bond donors (Lipinski definition) is 1. The van der Waals surface area contributed by atoms with E-state index in [1.54, 1.807) is 70.3 Å². The van der Waals surface area contributed by atoms with Gasteiger partial charge in [-0.2, -0.15) is 0 Å². The number of nitrogens with one attached hydrogen (secondary N) is 1. The summed E-state index contributed by atoms with van der Waals surface area (Å²) in [6.45, 7) is 5.39. The molecule has 0 atom stereocenters. The van der Waals surface area contributed by atoms with Crippen LogP contribution in [-0.2, 0) is 23.2 Å². The van der Waals surface area contributed by atoms with Gasteiger partial charge in [0, 0.05) is 17.6 Å². The van der Waals surface area contributed by atoms with Crippen LogP contribution in [0.25, 0.3) is 0 Å². The van der Waals surface area contributed by atoms with Gasteiger partial charge in [0.05, 0.1) is 5.69 Å². The molecule has 0 bridgehead atoms. The molecule has 2 heterocycles. The molecule has 4 rings (SSSR count). The minimum Gasteiger partial charge on any atom is -0.457 e. The Morgan fingerprint density at radius 1 is 1.05 bits per heavy atom. The lowest BCUT2D eigenvalue weighted by atomic mass is 10.1. The number of aromatic nitrogens is 5. The van der Waals surface area contributed by atoms with Crippen molar-refractivity contribution in [2.45, 2.75) is 33.0 Å². The molecule has 0 spiro atoms. The molecule has 0 unspecified atom stereocenters. The van der Waals surface area contributed by atoms with Crippen molar-refractivity contribution in [2.75, 3.05) is 5.32 Å². The van der Waals surface area contributed by atoms with E-state index in [0.717, 1.165) is 0 Å². The van der Waals surface area contributed by atoms with Gasteiger partial charge in [0.1, 0.15) is 22.9 Å². The zero-order valence-electron chi connectivity index (χ0n) is 21.3. The maximum atomic E-state index is 12.0. The lowest BCUT2D eigenvalue weighted by Gasteiger charge is -2.19. The molecule has 38 heavy (non-hydrogen) atoms. The summed E-state index contributed by atoms with van der Waals surface area (Å²) in [5.41, 5.74) is 1.04. The Hall–Kier alpha value is -4.51. The zero-order valence-corrected chi connectivity index (χ0v) is 22.0. The van der Waals surface area contributed by atoms with Crippen LogP contribution >= 0.6 is 11.6 Å². The molecule has 0 aliphatic heterocycles. The second kappa shape index (κ2) is 11.7. The second-order valence-corrected chi connectivity index (χ2v) is 9.50. The number of rotatable bonds is 8. The maximum Gasteiger partial charge on any atom is 0.413 e. The first-order valence-electron chi connectivity index (χ1n) is 11.6. The fourth-order valence-electron chi connectivity index (χ4n) is 3.20. The lowest BCUT2D eigenvalue weighted by molar-refractivity contribution is 0.0635. The molecule has 0 aliphatic carbocycles. The Morgan fingerprint density at radius 3 is 2.50 bits per heavy atom. The molecule has 0 fully saturated rings. The first-order valence-corrected chi connectivity index (χ1v) is 12.0. The third-order valence-corrected chi connectivity index (χ3v) is 5.03. The number of carbonyl (C=O) groups excluding carboxylic acids is 1. The first-order chi connectivity index (χ1) is 18.2. The van der Waals surface area contributed by atoms with Gasteiger partial charge in [-0.05, 0) is 85.8 Å². The highest BCUT2D eigenvalue weighted by molar-refractivity contribution is 6.30. The average molecular weight is 536 g/mol. The molecular formula is C26H26ClN7O4. The van der Waals surface area contributed by atoms with Crippen molar-refractivity contribution in [1.29, 1.82) is 0 Å². The number of ether oxygens (including phenoxy) is 2. The van der Waals surface area contributed by atoms with Gasteiger partial charge in [-0.15, -0.1) is 5.10 Å². The van der Waals surface area contributed by atoms with Crippen LogP contribution in [0.4, 0.5) is 10.6 Å². The van der Waals surface area contributed by atoms with Crippen LogP contribution in [-0.4, -0.2) is 42.6 Å². The van der Waals surface area contributed by atoms with E-state index in [2.05, 4.69) is 31.0 Å². The number of oxime groups is 1. The predicted octanol–water partition coefficient (Wildman–Crippen LogP) is 5.37. The number of pyridine rings is 1. The number of carbonyl (C=O) groups is 1. The van der Waals surface area contributed by atoms with Gasteiger partial charge in [0.25, 0.3) is 0 Å². The van der Waals surface area contributed by atoms with Crippen LogP contribution in [0.2, 0.25) is 5.02 Å². The fraction of sp³-hybridized carbons (Fsp3) is 0.231. The maximum absolute atomic E-state index is 12.0. The number of hydrogen-bond acceptors (Lipinski definition) is 9. The Balaban J connectivity index is 1.48. The van der Waals surface area contributed by atoms with Gasteiger partial charge in [-0.1, -0.05) is 28.9 Å². The average Bonchev–Trinajstić information content (AvgIpc) is 3.27. The van der Waals surface area contributed by atoms with Gasteiger partial charge in [0.2, 0.25) is 5.82 Å². The van der Waals surface area contributed by atoms with E-state index in [9.17, 15) is 4.79 Å². The lowest BCUT2D eigenvalue weighted by Crippen LogP contribution is -2.27. The number of halogens is 1. The van der Waals surface area contributed by atoms with Crippen molar-refractivity contribution in [1.82, 2.24) is 25.2 Å². The summed E-state index contributed by atoms with van der Waals surface area (Å²) in [4.78, 5) is 22.0. The Morgan fingerprint density at radius 2 is 1.82 bits per heavy atom. The van der Waals surface area contributed by atoms with Gasteiger partial charge in [-0.25, -0.2) is 14.5 Å². The number of tetrazole rings is 1. The number of amides is 1. The quantitative estimate of drug-likeness (QED) is 0.236. The van der Waals surface area contributed by atoms with Crippen molar-refractivity contribution in [3.63, 3.8) is 0 Å². The number of anilines is 1. The summed E-state index contributed by atoms with van der Waals surface area (Å²) < 4.78 is 12.6. The largest absolute Gasteiger partial charge is 0.457 e. The van der Waals surface area contributed by atoms with E-state index in [4.69, 9.17) is 25.9 Å². The predicted molar refractivity (Wildman–Crippen MR) is 141 cm³/mol. The van der Waals surface area contributed by atoms with E-state index < -0.39 is 11.7 Å². The van der Waals surface area contributed by atoms with Crippen molar-refractivity contribution in [3.05, 3.63) is 88.8 Å². The topological polar surface area (TPSA) is 126 Å². The molecule has 0 saturated heterocycles. The minimum absolute atomic E-state index is 0.0363. The minimum atomic E-state index is -0.621. The highest BCUT2D eigenvalue weighted by Gasteiger charge is 2.17. The van der Waals surface area contributed by atoms with Crippen LogP contribution in [0.3, 0.4) is 0 Å². The second-order valence-electron chi connectivity index (χ2n) is 9.06. The summed E-state index contributed by atoms with van der Waals surface area (Å²) >= 11 is 6.04. The third kappa shape index (κ3) is 7.50. The van der Waals surface area contributed by atoms with Crippen molar-refractivity contribution >= 4 is 29.2 Å². The molecule has 11 nitrogen and oxygen atoms in total. The van der Waals surface area contributed by atoms with Crippen molar-refractivity contribution < 1.29 is 19.1 Å². The van der Waals surface area contributed by atoms with E-state index in [1.807, 2.05) is 24.3 Å². The highest BCUT2D eigenvalue weighted by Crippen LogP contribution is 2.25. The molecule has 2 aromatic heterocycles. The Bertz CT molecular complexity index is 1430. The molecule has 2 aromatic carbocycles. The highest BCUT2D eigenvalue weighted by atomic mass is 35.5. The molecule has 1 amide bonds. The van der Waals surface area contributed by atoms with E-state index in [-0.39, 0.29) is 6.61 Å². The molecule has 0 saturated carbocycles. The molecular weight excluding hydrogens is 510 g/mol. The molecule has 0 aliphatic rings. The summed E-state index contributed by atoms with van der Waals surface area (Å²) in [6, 6.07) is 19.5. The summed E-state index contributed by atoms with van der Waals surface area (Å²) in [5.74, 6) is 1.97.